The van der Waals surface area contributed by atoms with Crippen LogP contribution in [0.25, 0.3) is 0 Å². The van der Waals surface area contributed by atoms with Crippen LogP contribution in [0, 0.1) is 24.0 Å². The zero-order valence-electron chi connectivity index (χ0n) is 9.51. The lowest BCUT2D eigenvalue weighted by Gasteiger charge is -2.06. The molecule has 0 aliphatic heterocycles. The van der Waals surface area contributed by atoms with E-state index in [0.717, 1.165) is 5.56 Å². The van der Waals surface area contributed by atoms with E-state index in [1.54, 1.807) is 13.0 Å². The van der Waals surface area contributed by atoms with Crippen molar-refractivity contribution in [2.75, 3.05) is 0 Å². The molecule has 0 spiro atoms. The molecule has 0 radical (unpaired) electrons. The van der Waals surface area contributed by atoms with Crippen molar-refractivity contribution in [2.24, 2.45) is 0 Å². The maximum absolute atomic E-state index is 10.9. The number of hydrogen-bond donors (Lipinski definition) is 0. The molecule has 94 valence electrons. The number of rotatable bonds is 3. The Kier molecular flexibility index (Phi) is 3.58. The van der Waals surface area contributed by atoms with Gasteiger partial charge in [-0.3, -0.25) is 10.1 Å². The number of aromatic nitrogens is 2. The minimum atomic E-state index is -0.433. The summed E-state index contributed by atoms with van der Waals surface area (Å²) in [6, 6.07) is 3.11. The highest BCUT2D eigenvalue weighted by Crippen LogP contribution is 2.33. The van der Waals surface area contributed by atoms with Crippen LogP contribution in [0.4, 0.5) is 5.69 Å². The fraction of sp³-hybridized carbons (Fsp3) is 0.200. The van der Waals surface area contributed by atoms with E-state index in [-0.39, 0.29) is 5.69 Å². The van der Waals surface area contributed by atoms with Gasteiger partial charge >= 0.3 is 0 Å². The summed E-state index contributed by atoms with van der Waals surface area (Å²) >= 11 is 4.38. The molecular formula is C10H8BrN3O3S. The van der Waals surface area contributed by atoms with Crippen LogP contribution >= 0.6 is 27.3 Å². The van der Waals surface area contributed by atoms with Crippen molar-refractivity contribution < 1.29 is 9.66 Å². The molecule has 0 unspecified atom stereocenters. The minimum absolute atomic E-state index is 0.0270. The summed E-state index contributed by atoms with van der Waals surface area (Å²) in [5, 5.41) is 18.7. The molecular weight excluding hydrogens is 322 g/mol. The van der Waals surface area contributed by atoms with Gasteiger partial charge in [0.25, 0.3) is 10.9 Å². The first-order chi connectivity index (χ1) is 8.47. The van der Waals surface area contributed by atoms with Crippen LogP contribution in [-0.4, -0.2) is 15.1 Å². The molecule has 6 nitrogen and oxygen atoms in total. The average Bonchev–Trinajstić information content (AvgIpc) is 2.67. The Morgan fingerprint density at radius 2 is 2.06 bits per heavy atom. The summed E-state index contributed by atoms with van der Waals surface area (Å²) in [4.78, 5) is 10.4. The number of nitro benzene ring substituents is 1. The molecule has 2 aromatic rings. The molecule has 0 saturated carbocycles. The number of halogens is 1. The SMILES string of the molecule is Cc1cc(C)c([N+](=O)[O-])cc1Oc1nnc(Br)s1. The standard InChI is InChI=1S/C10H8BrN3O3S/c1-5-3-6(2)8(4-7(5)14(15)16)17-10-13-12-9(11)18-10/h3-4H,1-2H3. The van der Waals surface area contributed by atoms with Crippen molar-refractivity contribution >= 4 is 33.0 Å². The number of nitro groups is 1. The highest BCUT2D eigenvalue weighted by atomic mass is 79.9. The Bertz CT molecular complexity index is 614. The predicted molar refractivity (Wildman–Crippen MR) is 70.3 cm³/mol. The Morgan fingerprint density at radius 3 is 2.61 bits per heavy atom. The largest absolute Gasteiger partial charge is 0.429 e. The molecule has 0 atom stereocenters. The van der Waals surface area contributed by atoms with E-state index in [4.69, 9.17) is 4.74 Å². The predicted octanol–water partition coefficient (Wildman–Crippen LogP) is 3.62. The number of nitrogens with zero attached hydrogens (tertiary/aromatic N) is 3. The van der Waals surface area contributed by atoms with E-state index in [0.29, 0.717) is 20.4 Å². The average molecular weight is 330 g/mol. The topological polar surface area (TPSA) is 78.2 Å². The summed E-state index contributed by atoms with van der Waals surface area (Å²) in [5.74, 6) is 0.413. The molecule has 1 aromatic heterocycles. The quantitative estimate of drug-likeness (QED) is 0.634. The zero-order chi connectivity index (χ0) is 13.3. The minimum Gasteiger partial charge on any atom is -0.429 e. The van der Waals surface area contributed by atoms with Crippen LogP contribution in [-0.2, 0) is 0 Å². The lowest BCUT2D eigenvalue weighted by atomic mass is 10.1. The van der Waals surface area contributed by atoms with E-state index in [1.807, 2.05) is 6.92 Å². The van der Waals surface area contributed by atoms with Gasteiger partial charge in [0, 0.05) is 5.56 Å². The smallest absolute Gasteiger partial charge is 0.300 e. The molecule has 0 amide bonds. The maximum Gasteiger partial charge on any atom is 0.300 e. The Balaban J connectivity index is 2.38. The van der Waals surface area contributed by atoms with Gasteiger partial charge < -0.3 is 4.74 Å². The van der Waals surface area contributed by atoms with Crippen LogP contribution in [0.1, 0.15) is 11.1 Å². The maximum atomic E-state index is 10.9. The van der Waals surface area contributed by atoms with Gasteiger partial charge in [0.2, 0.25) is 0 Å². The van der Waals surface area contributed by atoms with Gasteiger partial charge in [-0.2, -0.15) is 0 Å². The van der Waals surface area contributed by atoms with Gasteiger partial charge in [-0.15, -0.1) is 5.10 Å². The molecule has 0 bridgehead atoms. The van der Waals surface area contributed by atoms with E-state index in [1.165, 1.54) is 17.4 Å². The van der Waals surface area contributed by atoms with Gasteiger partial charge in [0.1, 0.15) is 5.75 Å². The van der Waals surface area contributed by atoms with E-state index < -0.39 is 4.92 Å². The highest BCUT2D eigenvalue weighted by Gasteiger charge is 2.16. The Morgan fingerprint density at radius 1 is 1.33 bits per heavy atom. The van der Waals surface area contributed by atoms with Gasteiger partial charge in [0.05, 0.1) is 11.0 Å². The molecule has 0 saturated heterocycles. The second kappa shape index (κ2) is 4.99. The first kappa shape index (κ1) is 12.9. The summed E-state index contributed by atoms with van der Waals surface area (Å²) in [6.45, 7) is 3.51. The second-order valence-electron chi connectivity index (χ2n) is 3.58. The first-order valence-corrected chi connectivity index (χ1v) is 6.51. The normalized spacial score (nSPS) is 10.4. The number of aryl methyl sites for hydroxylation is 2. The van der Waals surface area contributed by atoms with E-state index in [9.17, 15) is 10.1 Å². The number of ether oxygens (including phenoxy) is 1. The lowest BCUT2D eigenvalue weighted by molar-refractivity contribution is -0.385. The Labute approximate surface area is 115 Å². The van der Waals surface area contributed by atoms with Gasteiger partial charge in [0.15, 0.2) is 3.92 Å². The lowest BCUT2D eigenvalue weighted by Crippen LogP contribution is -1.95. The van der Waals surface area contributed by atoms with Gasteiger partial charge in [-0.25, -0.2) is 0 Å². The third kappa shape index (κ3) is 2.65. The van der Waals surface area contributed by atoms with Crippen molar-refractivity contribution in [1.29, 1.82) is 0 Å². The fourth-order valence-electron chi connectivity index (χ4n) is 1.46. The third-order valence-electron chi connectivity index (χ3n) is 2.27. The van der Waals surface area contributed by atoms with Crippen LogP contribution in [0.3, 0.4) is 0 Å². The van der Waals surface area contributed by atoms with Crippen LogP contribution < -0.4 is 4.74 Å². The second-order valence-corrected chi connectivity index (χ2v) is 5.80. The van der Waals surface area contributed by atoms with E-state index in [2.05, 4.69) is 26.1 Å². The van der Waals surface area contributed by atoms with Crippen LogP contribution in [0.2, 0.25) is 0 Å². The Hall–Kier alpha value is -1.54. The van der Waals surface area contributed by atoms with Crippen molar-refractivity contribution in [1.82, 2.24) is 10.2 Å². The van der Waals surface area contributed by atoms with Gasteiger partial charge in [-0.1, -0.05) is 5.10 Å². The molecule has 8 heteroatoms. The number of benzene rings is 1. The molecule has 0 aliphatic carbocycles. The van der Waals surface area contributed by atoms with Crippen molar-refractivity contribution in [3.8, 4) is 10.9 Å². The van der Waals surface area contributed by atoms with Crippen molar-refractivity contribution in [3.63, 3.8) is 0 Å². The first-order valence-electron chi connectivity index (χ1n) is 4.90. The van der Waals surface area contributed by atoms with Crippen LogP contribution in [0.15, 0.2) is 16.0 Å². The monoisotopic (exact) mass is 329 g/mol. The molecule has 2 rings (SSSR count). The molecule has 1 aromatic carbocycles. The molecule has 0 aliphatic rings. The van der Waals surface area contributed by atoms with Crippen molar-refractivity contribution in [2.45, 2.75) is 13.8 Å². The van der Waals surface area contributed by atoms with Crippen molar-refractivity contribution in [3.05, 3.63) is 37.3 Å². The summed E-state index contributed by atoms with van der Waals surface area (Å²) in [7, 11) is 0. The highest BCUT2D eigenvalue weighted by molar-refractivity contribution is 9.11. The molecule has 0 fully saturated rings. The third-order valence-corrected chi connectivity index (χ3v) is 3.50. The van der Waals surface area contributed by atoms with E-state index >= 15 is 0 Å². The van der Waals surface area contributed by atoms with Gasteiger partial charge in [-0.05, 0) is 52.7 Å². The summed E-state index contributed by atoms with van der Waals surface area (Å²) in [6.07, 6.45) is 0. The molecule has 0 N–H and O–H groups in total. The summed E-state index contributed by atoms with van der Waals surface area (Å²) < 4.78 is 6.08. The fourth-order valence-corrected chi connectivity index (χ4v) is 2.39. The number of hydrogen-bond acceptors (Lipinski definition) is 6. The molecule has 18 heavy (non-hydrogen) atoms. The zero-order valence-corrected chi connectivity index (χ0v) is 11.9. The van der Waals surface area contributed by atoms with Crippen LogP contribution in [0.5, 0.6) is 10.9 Å². The summed E-state index contributed by atoms with van der Waals surface area (Å²) in [5.41, 5.74) is 1.44. The molecule has 1 heterocycles.